The molecule has 3 heterocycles. The van der Waals surface area contributed by atoms with Crippen LogP contribution in [0.4, 0.5) is 5.69 Å². The first kappa shape index (κ1) is 18.6. The number of carbonyl (C=O) groups is 1. The molecule has 1 aliphatic heterocycles. The maximum absolute atomic E-state index is 13.1. The van der Waals surface area contributed by atoms with Crippen molar-refractivity contribution in [1.29, 1.82) is 0 Å². The minimum Gasteiger partial charge on any atom is -0.369 e. The van der Waals surface area contributed by atoms with Crippen molar-refractivity contribution in [2.75, 3.05) is 31.1 Å². The van der Waals surface area contributed by atoms with E-state index < -0.39 is 0 Å². The number of benzene rings is 1. The van der Waals surface area contributed by atoms with Gasteiger partial charge in [0.2, 0.25) is 0 Å². The Morgan fingerprint density at radius 3 is 2.71 bits per heavy atom. The van der Waals surface area contributed by atoms with Crippen LogP contribution in [0.15, 0.2) is 54.4 Å². The first-order valence-corrected chi connectivity index (χ1v) is 10.3. The minimum absolute atomic E-state index is 0.0825. The molecule has 1 saturated heterocycles. The van der Waals surface area contributed by atoms with E-state index in [0.29, 0.717) is 13.1 Å². The van der Waals surface area contributed by atoms with Crippen molar-refractivity contribution in [3.05, 3.63) is 70.7 Å². The molecule has 1 atom stereocenters. The second kappa shape index (κ2) is 8.48. The van der Waals surface area contributed by atoms with Crippen molar-refractivity contribution < 1.29 is 4.79 Å². The molecule has 0 aliphatic carbocycles. The molecule has 0 saturated carbocycles. The normalized spacial score (nSPS) is 17.4. The number of rotatable bonds is 4. The predicted molar refractivity (Wildman–Crippen MR) is 111 cm³/mol. The van der Waals surface area contributed by atoms with Gasteiger partial charge in [-0.15, -0.1) is 11.3 Å². The number of aryl methyl sites for hydroxylation is 1. The Kier molecular flexibility index (Phi) is 5.62. The summed E-state index contributed by atoms with van der Waals surface area (Å²) in [5.74, 6) is 0.357. The summed E-state index contributed by atoms with van der Waals surface area (Å²) in [5, 5.41) is 0. The Morgan fingerprint density at radius 2 is 2.00 bits per heavy atom. The van der Waals surface area contributed by atoms with Crippen LogP contribution in [0, 0.1) is 12.8 Å². The van der Waals surface area contributed by atoms with Crippen molar-refractivity contribution in [2.45, 2.75) is 13.3 Å². The van der Waals surface area contributed by atoms with Crippen LogP contribution >= 0.6 is 11.3 Å². The van der Waals surface area contributed by atoms with Gasteiger partial charge in [0.25, 0.3) is 5.91 Å². The molecule has 3 aromatic rings. The lowest BCUT2D eigenvalue weighted by Gasteiger charge is -2.25. The molecule has 1 fully saturated rings. The lowest BCUT2D eigenvalue weighted by molar-refractivity contribution is 0.0751. The Morgan fingerprint density at radius 1 is 1.14 bits per heavy atom. The van der Waals surface area contributed by atoms with Crippen LogP contribution in [0.2, 0.25) is 0 Å². The summed E-state index contributed by atoms with van der Waals surface area (Å²) in [4.78, 5) is 31.1. The average Bonchev–Trinajstić information content (AvgIpc) is 3.04. The van der Waals surface area contributed by atoms with Gasteiger partial charge in [-0.3, -0.25) is 14.8 Å². The highest BCUT2D eigenvalue weighted by molar-refractivity contribution is 7.11. The quantitative estimate of drug-likeness (QED) is 0.682. The highest BCUT2D eigenvalue weighted by atomic mass is 32.1. The molecule has 0 bridgehead atoms. The molecule has 6 nitrogen and oxygen atoms in total. The standard InChI is InChI=1S/C21H23N5OS/c1-16-20(28-15-24-16)21(27)26-10-9-25(19-5-3-2-4-6-19)13-17(14-26)11-18-12-22-7-8-23-18/h2-8,12,15,17H,9-11,13-14H2,1H3/t17-/m1/s1. The smallest absolute Gasteiger partial charge is 0.265 e. The molecule has 144 valence electrons. The van der Waals surface area contributed by atoms with Crippen LogP contribution in [0.5, 0.6) is 0 Å². The van der Waals surface area contributed by atoms with Gasteiger partial charge in [-0.1, -0.05) is 18.2 Å². The van der Waals surface area contributed by atoms with Gasteiger partial charge in [-0.25, -0.2) is 4.98 Å². The van der Waals surface area contributed by atoms with Gasteiger partial charge in [0.15, 0.2) is 0 Å². The molecule has 1 amide bonds. The number of para-hydroxylation sites is 1. The summed E-state index contributed by atoms with van der Waals surface area (Å²) in [6.45, 7) is 4.99. The summed E-state index contributed by atoms with van der Waals surface area (Å²) in [6, 6.07) is 10.4. The van der Waals surface area contributed by atoms with Gasteiger partial charge >= 0.3 is 0 Å². The Balaban J connectivity index is 1.58. The average molecular weight is 394 g/mol. The molecule has 28 heavy (non-hydrogen) atoms. The molecular formula is C21H23N5OS. The second-order valence-corrected chi connectivity index (χ2v) is 7.92. The molecule has 0 N–H and O–H groups in total. The maximum atomic E-state index is 13.1. The molecule has 1 aromatic carbocycles. The van der Waals surface area contributed by atoms with E-state index in [1.54, 1.807) is 17.9 Å². The van der Waals surface area contributed by atoms with E-state index in [4.69, 9.17) is 0 Å². The first-order chi connectivity index (χ1) is 13.7. The maximum Gasteiger partial charge on any atom is 0.265 e. The predicted octanol–water partition coefficient (Wildman–Crippen LogP) is 3.06. The molecule has 0 radical (unpaired) electrons. The number of hydrogen-bond donors (Lipinski definition) is 0. The van der Waals surface area contributed by atoms with E-state index in [1.165, 1.54) is 17.0 Å². The zero-order valence-electron chi connectivity index (χ0n) is 15.9. The fraction of sp³-hybridized carbons (Fsp3) is 0.333. The largest absolute Gasteiger partial charge is 0.369 e. The van der Waals surface area contributed by atoms with Crippen molar-refractivity contribution in [1.82, 2.24) is 19.9 Å². The van der Waals surface area contributed by atoms with Crippen LogP contribution in [-0.2, 0) is 6.42 Å². The summed E-state index contributed by atoms with van der Waals surface area (Å²) in [6.07, 6.45) is 6.03. The van der Waals surface area contributed by atoms with Crippen molar-refractivity contribution in [3.8, 4) is 0 Å². The topological polar surface area (TPSA) is 62.2 Å². The van der Waals surface area contributed by atoms with Gasteiger partial charge < -0.3 is 9.80 Å². The highest BCUT2D eigenvalue weighted by Crippen LogP contribution is 2.23. The van der Waals surface area contributed by atoms with E-state index in [0.717, 1.165) is 35.8 Å². The number of thiazole rings is 1. The first-order valence-electron chi connectivity index (χ1n) is 9.45. The summed E-state index contributed by atoms with van der Waals surface area (Å²) in [7, 11) is 0. The molecule has 7 heteroatoms. The van der Waals surface area contributed by atoms with Crippen LogP contribution < -0.4 is 4.90 Å². The number of nitrogens with zero attached hydrogens (tertiary/aromatic N) is 5. The lowest BCUT2D eigenvalue weighted by Crippen LogP contribution is -2.36. The molecule has 2 aromatic heterocycles. The van der Waals surface area contributed by atoms with Crippen LogP contribution in [0.3, 0.4) is 0 Å². The van der Waals surface area contributed by atoms with Crippen LogP contribution in [0.1, 0.15) is 21.1 Å². The minimum atomic E-state index is 0.0825. The summed E-state index contributed by atoms with van der Waals surface area (Å²) in [5.41, 5.74) is 4.71. The zero-order chi connectivity index (χ0) is 19.3. The van der Waals surface area contributed by atoms with Gasteiger partial charge in [0.05, 0.1) is 16.9 Å². The van der Waals surface area contributed by atoms with Crippen molar-refractivity contribution in [3.63, 3.8) is 0 Å². The van der Waals surface area contributed by atoms with Crippen molar-refractivity contribution >= 4 is 22.9 Å². The number of aromatic nitrogens is 3. The number of carbonyl (C=O) groups excluding carboxylic acids is 1. The van der Waals surface area contributed by atoms with E-state index in [1.807, 2.05) is 24.1 Å². The highest BCUT2D eigenvalue weighted by Gasteiger charge is 2.28. The third kappa shape index (κ3) is 4.20. The van der Waals surface area contributed by atoms with Crippen molar-refractivity contribution in [2.24, 2.45) is 5.92 Å². The Bertz CT molecular complexity index is 915. The van der Waals surface area contributed by atoms with E-state index in [9.17, 15) is 4.79 Å². The Hall–Kier alpha value is -2.80. The number of anilines is 1. The molecular weight excluding hydrogens is 370 g/mol. The van der Waals surface area contributed by atoms with E-state index >= 15 is 0 Å². The molecule has 1 aliphatic rings. The van der Waals surface area contributed by atoms with E-state index in [2.05, 4.69) is 44.1 Å². The Labute approximate surface area is 168 Å². The van der Waals surface area contributed by atoms with Gasteiger partial charge in [0, 0.05) is 50.5 Å². The monoisotopic (exact) mass is 393 g/mol. The third-order valence-corrected chi connectivity index (χ3v) is 5.98. The summed E-state index contributed by atoms with van der Waals surface area (Å²) >= 11 is 1.42. The number of amides is 1. The van der Waals surface area contributed by atoms with Crippen LogP contribution in [-0.4, -0.2) is 51.9 Å². The van der Waals surface area contributed by atoms with Gasteiger partial charge in [0.1, 0.15) is 4.88 Å². The second-order valence-electron chi connectivity index (χ2n) is 7.07. The molecule has 0 unspecified atom stereocenters. The fourth-order valence-corrected chi connectivity index (χ4v) is 4.44. The van der Waals surface area contributed by atoms with E-state index in [-0.39, 0.29) is 11.8 Å². The SMILES string of the molecule is Cc1ncsc1C(=O)N1CCN(c2ccccc2)C[C@@H](Cc2cnccn2)C1. The van der Waals surface area contributed by atoms with Crippen LogP contribution in [0.25, 0.3) is 0 Å². The molecule has 0 spiro atoms. The zero-order valence-corrected chi connectivity index (χ0v) is 16.7. The lowest BCUT2D eigenvalue weighted by atomic mass is 10.0. The fourth-order valence-electron chi connectivity index (χ4n) is 3.67. The number of hydrogen-bond acceptors (Lipinski definition) is 6. The van der Waals surface area contributed by atoms with Gasteiger partial charge in [-0.2, -0.15) is 0 Å². The summed E-state index contributed by atoms with van der Waals surface area (Å²) < 4.78 is 0. The third-order valence-electron chi connectivity index (χ3n) is 5.06. The molecule has 4 rings (SSSR count). The van der Waals surface area contributed by atoms with Gasteiger partial charge in [-0.05, 0) is 31.4 Å².